The van der Waals surface area contributed by atoms with Crippen molar-refractivity contribution in [2.45, 2.75) is 6.54 Å². The van der Waals surface area contributed by atoms with E-state index in [9.17, 15) is 4.79 Å². The highest BCUT2D eigenvalue weighted by Gasteiger charge is 2.09. The van der Waals surface area contributed by atoms with Crippen LogP contribution in [0.15, 0.2) is 60.9 Å². The van der Waals surface area contributed by atoms with Crippen molar-refractivity contribution in [3.8, 4) is 17.2 Å². The summed E-state index contributed by atoms with van der Waals surface area (Å²) < 4.78 is 12.3. The number of amides is 1. The molecule has 1 heterocycles. The Labute approximate surface area is 146 Å². The number of nitrogens with one attached hydrogen (secondary N) is 1. The van der Waals surface area contributed by atoms with E-state index in [4.69, 9.17) is 9.47 Å². The van der Waals surface area contributed by atoms with Gasteiger partial charge in [0.2, 0.25) is 0 Å². The number of hydrogen-bond acceptors (Lipinski definition) is 4. The van der Waals surface area contributed by atoms with Gasteiger partial charge < -0.3 is 14.8 Å². The zero-order chi connectivity index (χ0) is 17.6. The molecule has 25 heavy (non-hydrogen) atoms. The number of methoxy groups -OCH3 is 2. The first-order chi connectivity index (χ1) is 12.2. The summed E-state index contributed by atoms with van der Waals surface area (Å²) in [6.07, 6.45) is 3.56. The van der Waals surface area contributed by atoms with E-state index in [-0.39, 0.29) is 5.91 Å². The maximum Gasteiger partial charge on any atom is 0.251 e. The average molecular weight is 337 g/mol. The highest BCUT2D eigenvalue weighted by Crippen LogP contribution is 2.24. The fourth-order valence-corrected chi connectivity index (χ4v) is 2.46. The van der Waals surface area contributed by atoms with Gasteiger partial charge in [-0.25, -0.2) is 4.68 Å². The molecule has 6 nitrogen and oxygen atoms in total. The van der Waals surface area contributed by atoms with Crippen molar-refractivity contribution in [2.75, 3.05) is 14.2 Å². The maximum atomic E-state index is 12.3. The minimum atomic E-state index is -0.148. The number of ether oxygens (including phenoxy) is 2. The van der Waals surface area contributed by atoms with Crippen LogP contribution in [0.2, 0.25) is 0 Å². The summed E-state index contributed by atoms with van der Waals surface area (Å²) in [7, 11) is 3.19. The van der Waals surface area contributed by atoms with Crippen molar-refractivity contribution in [3.63, 3.8) is 0 Å². The van der Waals surface area contributed by atoms with E-state index in [0.717, 1.165) is 11.3 Å². The Hall–Kier alpha value is -3.28. The molecule has 3 rings (SSSR count). The third-order valence-electron chi connectivity index (χ3n) is 3.83. The molecule has 0 saturated heterocycles. The van der Waals surface area contributed by atoms with Gasteiger partial charge >= 0.3 is 0 Å². The molecule has 0 aliphatic rings. The molecule has 0 radical (unpaired) electrons. The third-order valence-corrected chi connectivity index (χ3v) is 3.83. The number of carbonyl (C=O) groups is 1. The molecule has 3 aromatic rings. The molecule has 0 aliphatic heterocycles. The second-order valence-electron chi connectivity index (χ2n) is 5.36. The maximum absolute atomic E-state index is 12.3. The lowest BCUT2D eigenvalue weighted by Crippen LogP contribution is -2.23. The Morgan fingerprint density at radius 1 is 1.12 bits per heavy atom. The van der Waals surface area contributed by atoms with E-state index in [1.54, 1.807) is 43.3 Å². The molecule has 0 bridgehead atoms. The number of nitrogens with zero attached hydrogens (tertiary/aromatic N) is 2. The first-order valence-corrected chi connectivity index (χ1v) is 7.80. The van der Waals surface area contributed by atoms with Crippen LogP contribution in [-0.4, -0.2) is 29.9 Å². The summed E-state index contributed by atoms with van der Waals surface area (Å²) in [4.78, 5) is 12.3. The number of carbonyl (C=O) groups excluding carboxylic acids is 1. The van der Waals surface area contributed by atoms with Crippen molar-refractivity contribution in [2.24, 2.45) is 0 Å². The predicted molar refractivity (Wildman–Crippen MR) is 94.3 cm³/mol. The Kier molecular flexibility index (Phi) is 4.99. The van der Waals surface area contributed by atoms with Gasteiger partial charge in [0.15, 0.2) is 0 Å². The number of rotatable bonds is 6. The standard InChI is InChI=1S/C19H19N3O3/c1-24-17-9-6-15(18(12-17)25-2)13-20-19(23)14-4-7-16(8-5-14)22-11-3-10-21-22/h3-12H,13H2,1-2H3,(H,20,23). The van der Waals surface area contributed by atoms with E-state index in [0.29, 0.717) is 23.6 Å². The Morgan fingerprint density at radius 2 is 1.92 bits per heavy atom. The van der Waals surface area contributed by atoms with E-state index >= 15 is 0 Å². The van der Waals surface area contributed by atoms with E-state index < -0.39 is 0 Å². The number of benzene rings is 2. The van der Waals surface area contributed by atoms with Crippen molar-refractivity contribution >= 4 is 5.91 Å². The number of hydrogen-bond donors (Lipinski definition) is 1. The van der Waals surface area contributed by atoms with Crippen molar-refractivity contribution < 1.29 is 14.3 Å². The topological polar surface area (TPSA) is 65.4 Å². The van der Waals surface area contributed by atoms with Crippen LogP contribution in [0, 0.1) is 0 Å². The van der Waals surface area contributed by atoms with Crippen LogP contribution in [0.25, 0.3) is 5.69 Å². The highest BCUT2D eigenvalue weighted by molar-refractivity contribution is 5.94. The lowest BCUT2D eigenvalue weighted by atomic mass is 10.1. The molecular weight excluding hydrogens is 318 g/mol. The van der Waals surface area contributed by atoms with Gasteiger partial charge in [-0.05, 0) is 42.5 Å². The minimum absolute atomic E-state index is 0.148. The molecule has 0 spiro atoms. The van der Waals surface area contributed by atoms with Crippen molar-refractivity contribution in [1.29, 1.82) is 0 Å². The molecule has 2 aromatic carbocycles. The van der Waals surface area contributed by atoms with Crippen LogP contribution in [-0.2, 0) is 6.54 Å². The van der Waals surface area contributed by atoms with Crippen LogP contribution in [0.5, 0.6) is 11.5 Å². The summed E-state index contributed by atoms with van der Waals surface area (Å²) in [5.74, 6) is 1.24. The Bertz CT molecular complexity index is 843. The van der Waals surface area contributed by atoms with Gasteiger partial charge in [-0.15, -0.1) is 0 Å². The lowest BCUT2D eigenvalue weighted by Gasteiger charge is -2.11. The third kappa shape index (κ3) is 3.80. The molecule has 1 N–H and O–H groups in total. The first kappa shape index (κ1) is 16.6. The molecule has 0 atom stereocenters. The summed E-state index contributed by atoms with van der Waals surface area (Å²) in [5, 5.41) is 7.06. The molecule has 128 valence electrons. The van der Waals surface area contributed by atoms with Crippen LogP contribution >= 0.6 is 0 Å². The van der Waals surface area contributed by atoms with Gasteiger partial charge in [-0.3, -0.25) is 4.79 Å². The Morgan fingerprint density at radius 3 is 2.56 bits per heavy atom. The molecule has 0 fully saturated rings. The smallest absolute Gasteiger partial charge is 0.251 e. The first-order valence-electron chi connectivity index (χ1n) is 7.80. The monoisotopic (exact) mass is 337 g/mol. The van der Waals surface area contributed by atoms with Gasteiger partial charge in [0.25, 0.3) is 5.91 Å². The Balaban J connectivity index is 1.66. The zero-order valence-electron chi connectivity index (χ0n) is 14.1. The normalized spacial score (nSPS) is 10.3. The van der Waals surface area contributed by atoms with Crippen LogP contribution in [0.1, 0.15) is 15.9 Å². The van der Waals surface area contributed by atoms with Gasteiger partial charge in [-0.2, -0.15) is 5.10 Å². The van der Waals surface area contributed by atoms with Crippen LogP contribution in [0.3, 0.4) is 0 Å². The quantitative estimate of drug-likeness (QED) is 0.751. The summed E-state index contributed by atoms with van der Waals surface area (Å²) in [6, 6.07) is 14.6. The largest absolute Gasteiger partial charge is 0.497 e. The van der Waals surface area contributed by atoms with Gasteiger partial charge in [0.05, 0.1) is 19.9 Å². The van der Waals surface area contributed by atoms with Crippen molar-refractivity contribution in [1.82, 2.24) is 15.1 Å². The zero-order valence-corrected chi connectivity index (χ0v) is 14.1. The fraction of sp³-hybridized carbons (Fsp3) is 0.158. The van der Waals surface area contributed by atoms with Crippen LogP contribution < -0.4 is 14.8 Å². The average Bonchev–Trinajstić information content (AvgIpc) is 3.20. The second-order valence-corrected chi connectivity index (χ2v) is 5.36. The molecular formula is C19H19N3O3. The van der Waals surface area contributed by atoms with Gasteiger partial charge in [0.1, 0.15) is 11.5 Å². The number of aromatic nitrogens is 2. The lowest BCUT2D eigenvalue weighted by molar-refractivity contribution is 0.0950. The van der Waals surface area contributed by atoms with Gasteiger partial charge in [0, 0.05) is 36.1 Å². The minimum Gasteiger partial charge on any atom is -0.497 e. The highest BCUT2D eigenvalue weighted by atomic mass is 16.5. The summed E-state index contributed by atoms with van der Waals surface area (Å²) >= 11 is 0. The van der Waals surface area contributed by atoms with Gasteiger partial charge in [-0.1, -0.05) is 0 Å². The summed E-state index contributed by atoms with van der Waals surface area (Å²) in [5.41, 5.74) is 2.37. The van der Waals surface area contributed by atoms with Crippen molar-refractivity contribution in [3.05, 3.63) is 72.1 Å². The summed E-state index contributed by atoms with van der Waals surface area (Å²) in [6.45, 7) is 0.368. The molecule has 0 saturated carbocycles. The van der Waals surface area contributed by atoms with E-state index in [2.05, 4.69) is 10.4 Å². The van der Waals surface area contributed by atoms with E-state index in [1.165, 1.54) is 0 Å². The SMILES string of the molecule is COc1ccc(CNC(=O)c2ccc(-n3cccn3)cc2)c(OC)c1. The fourth-order valence-electron chi connectivity index (χ4n) is 2.46. The molecule has 0 unspecified atom stereocenters. The van der Waals surface area contributed by atoms with Crippen LogP contribution in [0.4, 0.5) is 0 Å². The predicted octanol–water partition coefficient (Wildman–Crippen LogP) is 2.82. The molecule has 1 amide bonds. The van der Waals surface area contributed by atoms with E-state index in [1.807, 2.05) is 36.5 Å². The molecule has 1 aromatic heterocycles. The molecule has 0 aliphatic carbocycles. The second kappa shape index (κ2) is 7.53. The molecule has 6 heteroatoms.